The number of hydrogen-bond acceptors (Lipinski definition) is 5. The highest BCUT2D eigenvalue weighted by Crippen LogP contribution is 2.21. The van der Waals surface area contributed by atoms with Gasteiger partial charge in [0.05, 0.1) is 16.6 Å². The molecule has 20 heavy (non-hydrogen) atoms. The Morgan fingerprint density at radius 1 is 1.55 bits per heavy atom. The number of amides is 1. The van der Waals surface area contributed by atoms with E-state index in [1.165, 1.54) is 6.42 Å². The predicted octanol–water partition coefficient (Wildman–Crippen LogP) is 1.32. The van der Waals surface area contributed by atoms with Gasteiger partial charge in [0.25, 0.3) is 11.6 Å². The minimum Gasteiger partial charge on any atom is -0.350 e. The molecule has 3 heterocycles. The minimum absolute atomic E-state index is 0.0968. The number of nitrogens with zero attached hydrogens (tertiary/aromatic N) is 2. The van der Waals surface area contributed by atoms with Gasteiger partial charge in [-0.1, -0.05) is 5.16 Å². The molecule has 0 aliphatic carbocycles. The molecule has 1 amide bonds. The second-order valence-electron chi connectivity index (χ2n) is 5.26. The number of nitrogens with one attached hydrogen (secondary N) is 2. The van der Waals surface area contributed by atoms with Crippen molar-refractivity contribution in [2.75, 3.05) is 13.1 Å². The van der Waals surface area contributed by atoms with Crippen molar-refractivity contribution in [1.29, 1.82) is 0 Å². The molecule has 1 atom stereocenters. The van der Waals surface area contributed by atoms with Crippen LogP contribution in [0.3, 0.4) is 0 Å². The summed E-state index contributed by atoms with van der Waals surface area (Å²) in [7, 11) is 0. The van der Waals surface area contributed by atoms with Crippen LogP contribution in [-0.4, -0.2) is 35.2 Å². The van der Waals surface area contributed by atoms with Gasteiger partial charge in [-0.2, -0.15) is 0 Å². The molecule has 1 unspecified atom stereocenters. The van der Waals surface area contributed by atoms with E-state index < -0.39 is 0 Å². The van der Waals surface area contributed by atoms with E-state index in [1.54, 1.807) is 6.07 Å². The van der Waals surface area contributed by atoms with E-state index in [-0.39, 0.29) is 5.91 Å². The summed E-state index contributed by atoms with van der Waals surface area (Å²) in [6.07, 6.45) is 2.28. The van der Waals surface area contributed by atoms with E-state index in [1.807, 2.05) is 13.8 Å². The zero-order chi connectivity index (χ0) is 14.1. The van der Waals surface area contributed by atoms with Gasteiger partial charge in [-0.25, -0.2) is 4.98 Å². The Kier molecular flexibility index (Phi) is 3.40. The average molecular weight is 274 g/mol. The summed E-state index contributed by atoms with van der Waals surface area (Å²) in [5, 5.41) is 10.9. The molecule has 0 aromatic carbocycles. The zero-order valence-electron chi connectivity index (χ0n) is 11.7. The SMILES string of the molecule is Cc1cc(C(=O)NCC2CCCN2)c2c(C)noc2n1. The topological polar surface area (TPSA) is 80.0 Å². The van der Waals surface area contributed by atoms with Crippen molar-refractivity contribution in [2.24, 2.45) is 0 Å². The van der Waals surface area contributed by atoms with Gasteiger partial charge in [0.1, 0.15) is 0 Å². The smallest absolute Gasteiger partial charge is 0.258 e. The third-order valence-corrected chi connectivity index (χ3v) is 3.66. The fourth-order valence-electron chi connectivity index (χ4n) is 2.64. The first kappa shape index (κ1) is 13.1. The lowest BCUT2D eigenvalue weighted by Crippen LogP contribution is -2.37. The molecule has 0 spiro atoms. The van der Waals surface area contributed by atoms with Gasteiger partial charge in [0, 0.05) is 18.3 Å². The van der Waals surface area contributed by atoms with Gasteiger partial charge in [-0.3, -0.25) is 4.79 Å². The van der Waals surface area contributed by atoms with Crippen molar-refractivity contribution >= 4 is 17.0 Å². The quantitative estimate of drug-likeness (QED) is 0.882. The summed E-state index contributed by atoms with van der Waals surface area (Å²) >= 11 is 0. The van der Waals surface area contributed by atoms with Crippen molar-refractivity contribution in [2.45, 2.75) is 32.7 Å². The van der Waals surface area contributed by atoms with Gasteiger partial charge in [-0.05, 0) is 39.3 Å². The summed E-state index contributed by atoms with van der Waals surface area (Å²) in [5.41, 5.74) is 2.45. The van der Waals surface area contributed by atoms with Crippen molar-refractivity contribution in [3.05, 3.63) is 23.0 Å². The van der Waals surface area contributed by atoms with Gasteiger partial charge < -0.3 is 15.2 Å². The third-order valence-electron chi connectivity index (χ3n) is 3.66. The number of carbonyl (C=O) groups excluding carboxylic acids is 1. The number of aromatic nitrogens is 2. The first-order valence-electron chi connectivity index (χ1n) is 6.90. The fraction of sp³-hybridized carbons (Fsp3) is 0.500. The van der Waals surface area contributed by atoms with Crippen LogP contribution in [0.4, 0.5) is 0 Å². The highest BCUT2D eigenvalue weighted by Gasteiger charge is 2.19. The number of carbonyl (C=O) groups is 1. The number of hydrogen-bond donors (Lipinski definition) is 2. The maximum Gasteiger partial charge on any atom is 0.258 e. The number of rotatable bonds is 3. The van der Waals surface area contributed by atoms with Crippen LogP contribution in [0.1, 0.15) is 34.6 Å². The van der Waals surface area contributed by atoms with E-state index in [2.05, 4.69) is 20.8 Å². The first-order valence-corrected chi connectivity index (χ1v) is 6.90. The molecule has 6 nitrogen and oxygen atoms in total. The highest BCUT2D eigenvalue weighted by molar-refractivity contribution is 6.06. The van der Waals surface area contributed by atoms with E-state index in [0.29, 0.717) is 34.9 Å². The van der Waals surface area contributed by atoms with Crippen LogP contribution >= 0.6 is 0 Å². The van der Waals surface area contributed by atoms with Crippen molar-refractivity contribution in [3.63, 3.8) is 0 Å². The van der Waals surface area contributed by atoms with Crippen molar-refractivity contribution in [1.82, 2.24) is 20.8 Å². The monoisotopic (exact) mass is 274 g/mol. The van der Waals surface area contributed by atoms with E-state index >= 15 is 0 Å². The summed E-state index contributed by atoms with van der Waals surface area (Å²) in [4.78, 5) is 16.6. The Bertz CT molecular complexity index is 644. The Balaban J connectivity index is 1.84. The number of fused-ring (bicyclic) bond motifs is 1. The van der Waals surface area contributed by atoms with Gasteiger partial charge in [0.2, 0.25) is 0 Å². The normalized spacial score (nSPS) is 18.6. The summed E-state index contributed by atoms with van der Waals surface area (Å²) in [6.45, 7) is 5.33. The number of aryl methyl sites for hydroxylation is 2. The van der Waals surface area contributed by atoms with Crippen LogP contribution < -0.4 is 10.6 Å². The summed E-state index contributed by atoms with van der Waals surface area (Å²) in [6, 6.07) is 2.16. The van der Waals surface area contributed by atoms with Gasteiger partial charge >= 0.3 is 0 Å². The second kappa shape index (κ2) is 5.20. The molecule has 106 valence electrons. The summed E-state index contributed by atoms with van der Waals surface area (Å²) in [5.74, 6) is -0.0968. The Morgan fingerprint density at radius 2 is 2.40 bits per heavy atom. The molecule has 2 aromatic heterocycles. The number of pyridine rings is 1. The molecule has 1 aliphatic heterocycles. The molecular formula is C14H18N4O2. The average Bonchev–Trinajstić information content (AvgIpc) is 3.05. The molecule has 1 saturated heterocycles. The predicted molar refractivity (Wildman–Crippen MR) is 74.6 cm³/mol. The third kappa shape index (κ3) is 2.38. The van der Waals surface area contributed by atoms with Crippen LogP contribution in [0.25, 0.3) is 11.1 Å². The van der Waals surface area contributed by atoms with Crippen molar-refractivity contribution < 1.29 is 9.32 Å². The zero-order valence-corrected chi connectivity index (χ0v) is 11.7. The van der Waals surface area contributed by atoms with E-state index in [0.717, 1.165) is 18.7 Å². The molecule has 1 aliphatic rings. The molecular weight excluding hydrogens is 256 g/mol. The second-order valence-corrected chi connectivity index (χ2v) is 5.26. The van der Waals surface area contributed by atoms with Gasteiger partial charge in [0.15, 0.2) is 0 Å². The fourth-order valence-corrected chi connectivity index (χ4v) is 2.64. The lowest BCUT2D eigenvalue weighted by molar-refractivity contribution is 0.0951. The van der Waals surface area contributed by atoms with E-state index in [9.17, 15) is 4.79 Å². The Labute approximate surface area is 116 Å². The Morgan fingerprint density at radius 3 is 3.15 bits per heavy atom. The Hall–Kier alpha value is -1.95. The maximum absolute atomic E-state index is 12.4. The molecule has 2 N–H and O–H groups in total. The molecule has 0 bridgehead atoms. The summed E-state index contributed by atoms with van der Waals surface area (Å²) < 4.78 is 5.14. The van der Waals surface area contributed by atoms with E-state index in [4.69, 9.17) is 4.52 Å². The van der Waals surface area contributed by atoms with Gasteiger partial charge in [-0.15, -0.1) is 0 Å². The highest BCUT2D eigenvalue weighted by atomic mass is 16.5. The van der Waals surface area contributed by atoms with Crippen molar-refractivity contribution in [3.8, 4) is 0 Å². The van der Waals surface area contributed by atoms with Crippen LogP contribution in [0.2, 0.25) is 0 Å². The lowest BCUT2D eigenvalue weighted by Gasteiger charge is -2.12. The first-order chi connectivity index (χ1) is 9.65. The van der Waals surface area contributed by atoms with Crippen LogP contribution in [0.15, 0.2) is 10.6 Å². The lowest BCUT2D eigenvalue weighted by atomic mass is 10.1. The molecule has 6 heteroatoms. The molecule has 2 aromatic rings. The van der Waals surface area contributed by atoms with Crippen LogP contribution in [0, 0.1) is 13.8 Å². The van der Waals surface area contributed by atoms with Crippen LogP contribution in [-0.2, 0) is 0 Å². The standard InChI is InChI=1S/C14H18N4O2/c1-8-6-11(12-9(2)18-20-14(12)17-8)13(19)16-7-10-4-3-5-15-10/h6,10,15H,3-5,7H2,1-2H3,(H,16,19). The molecule has 1 fully saturated rings. The minimum atomic E-state index is -0.0968. The largest absolute Gasteiger partial charge is 0.350 e. The maximum atomic E-state index is 12.4. The molecule has 3 rings (SSSR count). The molecule has 0 saturated carbocycles. The van der Waals surface area contributed by atoms with Crippen LogP contribution in [0.5, 0.6) is 0 Å². The molecule has 0 radical (unpaired) electrons.